The maximum Gasteiger partial charge on any atom is 0.253 e. The molecule has 2 amide bonds. The lowest BCUT2D eigenvalue weighted by molar-refractivity contribution is -0.139. The Morgan fingerprint density at radius 2 is 1.96 bits per heavy atom. The molecule has 1 aromatic carbocycles. The Labute approximate surface area is 154 Å². The van der Waals surface area contributed by atoms with Gasteiger partial charge in [0.25, 0.3) is 5.91 Å². The average Bonchev–Trinajstić information content (AvgIpc) is 2.61. The number of rotatable bonds is 3. The molecular formula is C17H21BrFN3O3. The van der Waals surface area contributed by atoms with Gasteiger partial charge in [0.05, 0.1) is 30.4 Å². The van der Waals surface area contributed by atoms with E-state index in [0.29, 0.717) is 49.6 Å². The predicted molar refractivity (Wildman–Crippen MR) is 95.0 cm³/mol. The molecule has 1 aromatic rings. The summed E-state index contributed by atoms with van der Waals surface area (Å²) in [5.74, 6) is -1.53. The van der Waals surface area contributed by atoms with Crippen molar-refractivity contribution in [1.29, 1.82) is 0 Å². The van der Waals surface area contributed by atoms with Crippen LogP contribution >= 0.6 is 15.9 Å². The second kappa shape index (κ2) is 7.70. The van der Waals surface area contributed by atoms with Crippen LogP contribution in [-0.2, 0) is 9.53 Å². The number of halogens is 2. The molecule has 0 spiro atoms. The van der Waals surface area contributed by atoms with E-state index in [1.54, 1.807) is 6.07 Å². The van der Waals surface area contributed by atoms with Gasteiger partial charge in [0.15, 0.2) is 0 Å². The van der Waals surface area contributed by atoms with Crippen LogP contribution in [-0.4, -0.2) is 56.1 Å². The number of nitrogens with two attached hydrogens (primary N) is 1. The molecule has 0 aliphatic carbocycles. The Balaban J connectivity index is 1.82. The predicted octanol–water partition coefficient (Wildman–Crippen LogP) is 1.76. The number of amides is 2. The van der Waals surface area contributed by atoms with Crippen LogP contribution in [0, 0.1) is 11.7 Å². The Morgan fingerprint density at radius 1 is 1.24 bits per heavy atom. The first-order valence-corrected chi connectivity index (χ1v) is 9.17. The first-order chi connectivity index (χ1) is 12.0. The van der Waals surface area contributed by atoms with Gasteiger partial charge < -0.3 is 20.3 Å². The number of hydrogen-bond donors (Lipinski definition) is 1. The summed E-state index contributed by atoms with van der Waals surface area (Å²) in [6, 6.07) is 2.91. The molecule has 25 heavy (non-hydrogen) atoms. The first kappa shape index (κ1) is 18.1. The van der Waals surface area contributed by atoms with E-state index < -0.39 is 11.7 Å². The molecule has 0 aromatic heterocycles. The van der Waals surface area contributed by atoms with Gasteiger partial charge in [0, 0.05) is 30.7 Å². The number of hydrogen-bond acceptors (Lipinski definition) is 4. The van der Waals surface area contributed by atoms with Gasteiger partial charge in [-0.3, -0.25) is 9.59 Å². The fourth-order valence-electron chi connectivity index (χ4n) is 3.49. The monoisotopic (exact) mass is 413 g/mol. The quantitative estimate of drug-likeness (QED) is 0.818. The molecule has 3 rings (SSSR count). The molecule has 0 radical (unpaired) electrons. The fourth-order valence-corrected chi connectivity index (χ4v) is 3.91. The van der Waals surface area contributed by atoms with Crippen molar-refractivity contribution in [2.24, 2.45) is 11.7 Å². The van der Waals surface area contributed by atoms with Crippen LogP contribution in [0.1, 0.15) is 23.2 Å². The SMILES string of the molecule is NC(=O)c1c(F)cc(Br)cc1N1CCCC(C(=O)N2CCOCC2)C1. The Morgan fingerprint density at radius 3 is 2.64 bits per heavy atom. The van der Waals surface area contributed by atoms with Gasteiger partial charge in [-0.2, -0.15) is 0 Å². The highest BCUT2D eigenvalue weighted by molar-refractivity contribution is 9.10. The molecule has 2 aliphatic heterocycles. The van der Waals surface area contributed by atoms with E-state index in [2.05, 4.69) is 15.9 Å². The van der Waals surface area contributed by atoms with Gasteiger partial charge >= 0.3 is 0 Å². The third-order valence-electron chi connectivity index (χ3n) is 4.71. The fraction of sp³-hybridized carbons (Fsp3) is 0.529. The lowest BCUT2D eigenvalue weighted by Gasteiger charge is -2.37. The Bertz CT molecular complexity index is 679. The van der Waals surface area contributed by atoms with Crippen molar-refractivity contribution in [2.45, 2.75) is 12.8 Å². The van der Waals surface area contributed by atoms with Crippen LogP contribution in [0.5, 0.6) is 0 Å². The number of nitrogens with zero attached hydrogens (tertiary/aromatic N) is 2. The van der Waals surface area contributed by atoms with Gasteiger partial charge in [-0.05, 0) is 25.0 Å². The summed E-state index contributed by atoms with van der Waals surface area (Å²) in [4.78, 5) is 28.2. The van der Waals surface area contributed by atoms with Crippen molar-refractivity contribution >= 4 is 33.4 Å². The molecule has 1 atom stereocenters. The van der Waals surface area contributed by atoms with E-state index in [4.69, 9.17) is 10.5 Å². The third kappa shape index (κ3) is 3.95. The average molecular weight is 414 g/mol. The maximum atomic E-state index is 14.2. The van der Waals surface area contributed by atoms with Gasteiger partial charge in [0.1, 0.15) is 5.82 Å². The summed E-state index contributed by atoms with van der Waals surface area (Å²) >= 11 is 3.26. The number of benzene rings is 1. The van der Waals surface area contributed by atoms with Gasteiger partial charge in [-0.15, -0.1) is 0 Å². The van der Waals surface area contributed by atoms with E-state index in [1.807, 2.05) is 9.80 Å². The molecule has 136 valence electrons. The van der Waals surface area contributed by atoms with E-state index in [-0.39, 0.29) is 17.4 Å². The zero-order chi connectivity index (χ0) is 18.0. The molecule has 2 aliphatic rings. The summed E-state index contributed by atoms with van der Waals surface area (Å²) in [7, 11) is 0. The Hall–Kier alpha value is -1.67. The summed E-state index contributed by atoms with van der Waals surface area (Å²) < 4.78 is 20.0. The lowest BCUT2D eigenvalue weighted by Crippen LogP contribution is -2.48. The summed E-state index contributed by atoms with van der Waals surface area (Å²) in [6.07, 6.45) is 1.59. The minimum Gasteiger partial charge on any atom is -0.378 e. The lowest BCUT2D eigenvalue weighted by atomic mass is 9.95. The summed E-state index contributed by atoms with van der Waals surface area (Å²) in [5.41, 5.74) is 5.69. The molecule has 6 nitrogen and oxygen atoms in total. The number of carbonyl (C=O) groups is 2. The molecule has 8 heteroatoms. The van der Waals surface area contributed by atoms with Gasteiger partial charge in [0.2, 0.25) is 5.91 Å². The molecule has 2 fully saturated rings. The highest BCUT2D eigenvalue weighted by Gasteiger charge is 2.32. The highest BCUT2D eigenvalue weighted by Crippen LogP contribution is 2.31. The first-order valence-electron chi connectivity index (χ1n) is 8.37. The van der Waals surface area contributed by atoms with Gasteiger partial charge in [-0.25, -0.2) is 4.39 Å². The van der Waals surface area contributed by atoms with Crippen molar-refractivity contribution < 1.29 is 18.7 Å². The van der Waals surface area contributed by atoms with Crippen LogP contribution in [0.2, 0.25) is 0 Å². The van der Waals surface area contributed by atoms with Crippen molar-refractivity contribution in [3.8, 4) is 0 Å². The largest absolute Gasteiger partial charge is 0.378 e. The van der Waals surface area contributed by atoms with Crippen molar-refractivity contribution in [1.82, 2.24) is 4.90 Å². The second-order valence-corrected chi connectivity index (χ2v) is 7.28. The summed E-state index contributed by atoms with van der Waals surface area (Å²) in [5, 5.41) is 0. The number of primary amides is 1. The second-order valence-electron chi connectivity index (χ2n) is 6.37. The van der Waals surface area contributed by atoms with Crippen LogP contribution in [0.4, 0.5) is 10.1 Å². The molecule has 2 N–H and O–H groups in total. The van der Waals surface area contributed by atoms with E-state index in [9.17, 15) is 14.0 Å². The van der Waals surface area contributed by atoms with Crippen molar-refractivity contribution in [3.05, 3.63) is 28.0 Å². The molecular weight excluding hydrogens is 393 g/mol. The highest BCUT2D eigenvalue weighted by atomic mass is 79.9. The van der Waals surface area contributed by atoms with Crippen LogP contribution in [0.3, 0.4) is 0 Å². The van der Waals surface area contributed by atoms with E-state index in [0.717, 1.165) is 12.8 Å². The minimum atomic E-state index is -0.804. The number of ether oxygens (including phenoxy) is 1. The number of morpholine rings is 1. The topological polar surface area (TPSA) is 75.9 Å². The molecule has 1 unspecified atom stereocenters. The van der Waals surface area contributed by atoms with Crippen molar-refractivity contribution in [2.75, 3.05) is 44.3 Å². The standard InChI is InChI=1S/C17H21BrFN3O3/c18-12-8-13(19)15(16(20)23)14(9-12)22-3-1-2-11(10-22)17(24)21-4-6-25-7-5-21/h8-9,11H,1-7,10H2,(H2,20,23). The number of carbonyl (C=O) groups excluding carboxylic acids is 2. The van der Waals surface area contributed by atoms with Gasteiger partial charge in [-0.1, -0.05) is 15.9 Å². The van der Waals surface area contributed by atoms with E-state index >= 15 is 0 Å². The molecule has 2 heterocycles. The summed E-state index contributed by atoms with van der Waals surface area (Å²) in [6.45, 7) is 3.44. The zero-order valence-corrected chi connectivity index (χ0v) is 15.4. The van der Waals surface area contributed by atoms with Crippen molar-refractivity contribution in [3.63, 3.8) is 0 Å². The Kier molecular flexibility index (Phi) is 5.58. The molecule has 2 saturated heterocycles. The minimum absolute atomic E-state index is 0.101. The zero-order valence-electron chi connectivity index (χ0n) is 13.8. The van der Waals surface area contributed by atoms with Crippen LogP contribution < -0.4 is 10.6 Å². The van der Waals surface area contributed by atoms with Crippen LogP contribution in [0.25, 0.3) is 0 Å². The molecule has 0 bridgehead atoms. The normalized spacial score (nSPS) is 21.3. The van der Waals surface area contributed by atoms with Crippen LogP contribution in [0.15, 0.2) is 16.6 Å². The number of piperidine rings is 1. The third-order valence-corrected chi connectivity index (χ3v) is 5.17. The number of anilines is 1. The maximum absolute atomic E-state index is 14.2. The smallest absolute Gasteiger partial charge is 0.253 e. The molecule has 0 saturated carbocycles. The van der Waals surface area contributed by atoms with E-state index in [1.165, 1.54) is 6.07 Å².